The second kappa shape index (κ2) is 27.5. The van der Waals surface area contributed by atoms with Crippen LogP contribution in [0.4, 0.5) is 0 Å². The van der Waals surface area contributed by atoms with Gasteiger partial charge < -0.3 is 42.1 Å². The van der Waals surface area contributed by atoms with Crippen LogP contribution in [0, 0.1) is 59.0 Å². The Kier molecular flexibility index (Phi) is 39.2. The monoisotopic (exact) mass is 762 g/mol. The summed E-state index contributed by atoms with van der Waals surface area (Å²) in [5.41, 5.74) is 5.80. The minimum atomic E-state index is 0. The fourth-order valence-corrected chi connectivity index (χ4v) is 1.73. The minimum absolute atomic E-state index is 0. The van der Waals surface area contributed by atoms with E-state index in [1.165, 1.54) is 26.2 Å². The van der Waals surface area contributed by atoms with Crippen LogP contribution in [0.3, 0.4) is 0 Å². The number of carbonyl (C=O) groups excluding carboxylic acids is 1. The van der Waals surface area contributed by atoms with Crippen LogP contribution in [0.25, 0.3) is 0 Å². The molecule has 0 bridgehead atoms. The summed E-state index contributed by atoms with van der Waals surface area (Å²) in [7, 11) is 0. The number of nitrogens with one attached hydrogen (secondary N) is 2. The number of unbranched alkanes of at least 4 members (excludes halogenated alkanes) is 2. The van der Waals surface area contributed by atoms with Crippen LogP contribution < -0.4 is 10.9 Å². The van der Waals surface area contributed by atoms with Crippen molar-refractivity contribution in [1.82, 2.24) is 10.9 Å². The molecule has 1 rings (SSSR count). The van der Waals surface area contributed by atoms with Gasteiger partial charge in [0.1, 0.15) is 6.61 Å². The van der Waals surface area contributed by atoms with E-state index in [2.05, 4.69) is 42.4 Å². The summed E-state index contributed by atoms with van der Waals surface area (Å²) in [4.78, 5) is 10.0. The van der Waals surface area contributed by atoms with Crippen molar-refractivity contribution in [1.29, 1.82) is 0 Å². The molecule has 7 heteroatoms. The minimum Gasteiger partial charge on any atom is -0.560 e. The zero-order valence-electron chi connectivity index (χ0n) is 17.0. The van der Waals surface area contributed by atoms with E-state index in [9.17, 15) is 4.79 Å². The summed E-state index contributed by atoms with van der Waals surface area (Å²) in [6.07, 6.45) is 12.8. The van der Waals surface area contributed by atoms with Gasteiger partial charge in [-0.2, -0.15) is 6.08 Å². The van der Waals surface area contributed by atoms with Crippen molar-refractivity contribution in [2.24, 2.45) is 0 Å². The molecule has 0 aromatic rings. The van der Waals surface area contributed by atoms with Crippen molar-refractivity contribution in [3.05, 3.63) is 46.0 Å². The fourth-order valence-electron chi connectivity index (χ4n) is 1.73. The van der Waals surface area contributed by atoms with Gasteiger partial charge in [0.25, 0.3) is 0 Å². The maximum atomic E-state index is 10.0. The predicted molar refractivity (Wildman–Crippen MR) is 101 cm³/mol. The number of rotatable bonds is 10. The second-order valence-electron chi connectivity index (χ2n) is 4.99. The standard InChI is InChI=1S/C12H21N2O.C5H9O2.2CH3.U.W/c1-3-5-6-8-11(4-2)15-12-9-7-10-13-14-12;1-3-7-4-5(2)6;;;;/h9-11,13-14H,3-6,8H2,1-2H3;1,3-4H2,2H3;2*1H3;;/q4*-1;2*+2. The maximum Gasteiger partial charge on any atom is 2.00 e. The Morgan fingerprint density at radius 2 is 1.96 bits per heavy atom. The van der Waals surface area contributed by atoms with Gasteiger partial charge in [-0.15, -0.1) is 0 Å². The van der Waals surface area contributed by atoms with Gasteiger partial charge in [-0.05, 0) is 26.2 Å². The number of hydrazine groups is 1. The molecule has 1 aliphatic rings. The number of carbonyl (C=O) groups is 1. The normalized spacial score (nSPS) is 11.8. The first kappa shape index (κ1) is 37.1. The molecule has 0 amide bonds. The molecule has 0 saturated carbocycles. The number of ketones is 1. The second-order valence-corrected chi connectivity index (χ2v) is 4.99. The van der Waals surface area contributed by atoms with Gasteiger partial charge in [-0.3, -0.25) is 4.79 Å². The Balaban J connectivity index is -0.000000118. The van der Waals surface area contributed by atoms with Gasteiger partial charge in [0.2, 0.25) is 0 Å². The fraction of sp³-hybridized carbons (Fsp3) is 0.579. The molecule has 26 heavy (non-hydrogen) atoms. The number of allylic oxidation sites excluding steroid dienone is 2. The summed E-state index contributed by atoms with van der Waals surface area (Å²) in [6, 6.07) is 0. The zero-order valence-corrected chi connectivity index (χ0v) is 24.1. The van der Waals surface area contributed by atoms with Crippen molar-refractivity contribution >= 4 is 5.78 Å². The molecule has 0 saturated heterocycles. The van der Waals surface area contributed by atoms with E-state index in [-0.39, 0.29) is 79.4 Å². The average Bonchev–Trinajstić information content (AvgIpc) is 2.53. The predicted octanol–water partition coefficient (Wildman–Crippen LogP) is 3.95. The summed E-state index contributed by atoms with van der Waals surface area (Å²) in [5.74, 6) is 0.810. The van der Waals surface area contributed by atoms with Gasteiger partial charge in [-0.1, -0.05) is 39.5 Å². The van der Waals surface area contributed by atoms with Gasteiger partial charge in [0.15, 0.2) is 5.78 Å². The van der Waals surface area contributed by atoms with Crippen LogP contribution in [0.2, 0.25) is 0 Å². The first-order valence-electron chi connectivity index (χ1n) is 7.96. The van der Waals surface area contributed by atoms with E-state index < -0.39 is 0 Å². The number of hydrogen-bond acceptors (Lipinski definition) is 5. The maximum absolute atomic E-state index is 10.0. The van der Waals surface area contributed by atoms with E-state index in [0.29, 0.717) is 12.7 Å². The van der Waals surface area contributed by atoms with Gasteiger partial charge in [0.05, 0.1) is 6.10 Å². The number of ether oxygens (including phenoxy) is 2. The Morgan fingerprint density at radius 1 is 1.31 bits per heavy atom. The molecule has 0 fully saturated rings. The third-order valence-corrected chi connectivity index (χ3v) is 2.89. The third kappa shape index (κ3) is 24.3. The molecule has 0 aromatic carbocycles. The quantitative estimate of drug-likeness (QED) is 0.261. The molecule has 1 unspecified atom stereocenters. The van der Waals surface area contributed by atoms with E-state index in [1.807, 2.05) is 6.08 Å². The summed E-state index contributed by atoms with van der Waals surface area (Å²) >= 11 is 0. The molecular formula is C19H36N2O3UW. The average molecular weight is 762 g/mol. The summed E-state index contributed by atoms with van der Waals surface area (Å²) in [6.45, 7) is 9.82. The van der Waals surface area contributed by atoms with Crippen LogP contribution in [0.1, 0.15) is 52.9 Å². The van der Waals surface area contributed by atoms with E-state index in [4.69, 9.17) is 4.74 Å². The molecule has 0 radical (unpaired) electrons. The molecular weight excluding hydrogens is 726 g/mol. The smallest absolute Gasteiger partial charge is 0.560 e. The van der Waals surface area contributed by atoms with Crippen molar-refractivity contribution in [3.63, 3.8) is 0 Å². The van der Waals surface area contributed by atoms with E-state index >= 15 is 0 Å². The number of hydrogen-bond donors (Lipinski definition) is 2. The summed E-state index contributed by atoms with van der Waals surface area (Å²) < 4.78 is 10.4. The summed E-state index contributed by atoms with van der Waals surface area (Å²) in [5, 5.41) is 0. The van der Waals surface area contributed by atoms with Gasteiger partial charge in [0, 0.05) is 5.88 Å². The Labute approximate surface area is 200 Å². The molecule has 2 N–H and O–H groups in total. The van der Waals surface area contributed by atoms with Crippen LogP contribution in [0.5, 0.6) is 0 Å². The SMILES string of the molecule is CCCCCC(CC)OC1=C[C-]=CNN1.[CH2-]COCC(C)=O.[CH3-].[CH3-].[U+2].[W+2]. The zero-order chi connectivity index (χ0) is 16.6. The Hall–Kier alpha value is 0.250. The molecule has 1 aliphatic heterocycles. The van der Waals surface area contributed by atoms with E-state index in [0.717, 1.165) is 18.7 Å². The van der Waals surface area contributed by atoms with E-state index in [1.54, 1.807) is 6.20 Å². The van der Waals surface area contributed by atoms with Gasteiger partial charge >= 0.3 is 52.2 Å². The topological polar surface area (TPSA) is 59.6 Å². The van der Waals surface area contributed by atoms with Crippen molar-refractivity contribution in [3.8, 4) is 0 Å². The van der Waals surface area contributed by atoms with Crippen molar-refractivity contribution in [2.75, 3.05) is 13.2 Å². The molecule has 1 heterocycles. The largest absolute Gasteiger partial charge is 2.00 e. The Morgan fingerprint density at radius 3 is 2.35 bits per heavy atom. The first-order valence-corrected chi connectivity index (χ1v) is 7.96. The van der Waals surface area contributed by atoms with Gasteiger partial charge in [-0.25, -0.2) is 6.08 Å². The van der Waals surface area contributed by atoms with Crippen LogP contribution >= 0.6 is 0 Å². The molecule has 0 aromatic heterocycles. The molecule has 0 aliphatic carbocycles. The third-order valence-electron chi connectivity index (χ3n) is 2.89. The van der Waals surface area contributed by atoms with Crippen LogP contribution in [0.15, 0.2) is 18.2 Å². The molecule has 1 atom stereocenters. The van der Waals surface area contributed by atoms with Crippen molar-refractivity contribution < 1.29 is 66.4 Å². The van der Waals surface area contributed by atoms with Crippen LogP contribution in [-0.2, 0) is 35.3 Å². The molecule has 150 valence electrons. The molecule has 0 spiro atoms. The van der Waals surface area contributed by atoms with Crippen LogP contribution in [-0.4, -0.2) is 25.1 Å². The Bertz CT molecular complexity index is 354. The first-order chi connectivity index (χ1) is 10.6. The number of Topliss-reactive ketones (excluding diaryl/α,β-unsaturated/α-hetero) is 1. The molecule has 5 nitrogen and oxygen atoms in total. The van der Waals surface area contributed by atoms with Crippen molar-refractivity contribution in [2.45, 2.75) is 59.0 Å².